The van der Waals surface area contributed by atoms with Crippen LogP contribution in [0.3, 0.4) is 0 Å². The molecule has 0 bridgehead atoms. The molecule has 0 fully saturated rings. The van der Waals surface area contributed by atoms with E-state index in [2.05, 4.69) is 41.9 Å². The van der Waals surface area contributed by atoms with Crippen molar-refractivity contribution in [3.63, 3.8) is 0 Å². The second-order valence-corrected chi connectivity index (χ2v) is 17.5. The molecule has 410 valence electrons. The highest BCUT2D eigenvalue weighted by atomic mass is 16.6. The van der Waals surface area contributed by atoms with Gasteiger partial charge >= 0.3 is 23.9 Å². The van der Waals surface area contributed by atoms with E-state index in [-0.39, 0.29) is 107 Å². The number of unbranched alkanes of at least 4 members (excludes halogenated alkanes) is 3. The van der Waals surface area contributed by atoms with Crippen molar-refractivity contribution in [1.29, 1.82) is 0 Å². The highest BCUT2D eigenvalue weighted by molar-refractivity contribution is 5.93. The number of nitro groups is 1. The van der Waals surface area contributed by atoms with E-state index in [4.69, 9.17) is 10.6 Å². The van der Waals surface area contributed by atoms with Crippen molar-refractivity contribution in [2.24, 2.45) is 5.11 Å². The topological polar surface area (TPSA) is 402 Å². The zero-order valence-electron chi connectivity index (χ0n) is 41.8. The smallest absolute Gasteiger partial charge is 0.326 e. The molecule has 3 aromatic rings. The van der Waals surface area contributed by atoms with Gasteiger partial charge in [-0.1, -0.05) is 72.2 Å². The Bertz CT molecular complexity index is 2490. The maximum absolute atomic E-state index is 13.8. The summed E-state index contributed by atoms with van der Waals surface area (Å²) in [7, 11) is 0. The van der Waals surface area contributed by atoms with E-state index < -0.39 is 89.5 Å². The molecule has 26 heteroatoms. The summed E-state index contributed by atoms with van der Waals surface area (Å²) in [6.07, 6.45) is 0.517. The van der Waals surface area contributed by atoms with E-state index >= 15 is 0 Å². The van der Waals surface area contributed by atoms with Crippen molar-refractivity contribution in [3.8, 4) is 5.75 Å². The van der Waals surface area contributed by atoms with Crippen LogP contribution in [0.2, 0.25) is 0 Å². The minimum atomic E-state index is -1.59. The Hall–Kier alpha value is -8.80. The van der Waals surface area contributed by atoms with E-state index in [1.165, 1.54) is 35.2 Å². The number of hydrogen-bond donors (Lipinski definition) is 10. The molecule has 0 aliphatic rings. The summed E-state index contributed by atoms with van der Waals surface area (Å²) in [5.41, 5.74) is 9.94. The summed E-state index contributed by atoms with van der Waals surface area (Å²) in [5, 5.41) is 68.0. The molecule has 0 aliphatic carbocycles. The number of nitrogens with one attached hydrogen (secondary N) is 6. The fourth-order valence-corrected chi connectivity index (χ4v) is 7.60. The molecule has 0 radical (unpaired) electrons. The number of carboxylic acid groups (broad SMARTS) is 3. The minimum Gasteiger partial charge on any atom is -0.508 e. The van der Waals surface area contributed by atoms with Crippen molar-refractivity contribution in [2.75, 3.05) is 26.2 Å². The number of benzene rings is 3. The van der Waals surface area contributed by atoms with Crippen LogP contribution >= 0.6 is 0 Å². The third-order valence-corrected chi connectivity index (χ3v) is 11.6. The van der Waals surface area contributed by atoms with Gasteiger partial charge < -0.3 is 57.2 Å². The molecule has 26 nitrogen and oxygen atoms in total. The first-order chi connectivity index (χ1) is 36.4. The largest absolute Gasteiger partial charge is 0.508 e. The lowest BCUT2D eigenvalue weighted by atomic mass is 10.0. The Labute approximate surface area is 437 Å². The Morgan fingerprint density at radius 1 is 0.618 bits per heavy atom. The number of urea groups is 1. The van der Waals surface area contributed by atoms with Crippen LogP contribution < -0.4 is 31.9 Å². The lowest BCUT2D eigenvalue weighted by molar-refractivity contribution is -0.385. The van der Waals surface area contributed by atoms with Gasteiger partial charge in [0.15, 0.2) is 0 Å². The number of nitrogens with zero attached hydrogens (tertiary/aromatic N) is 5. The third-order valence-electron chi connectivity index (χ3n) is 11.6. The number of carbonyl (C=O) groups is 9. The third kappa shape index (κ3) is 24.3. The van der Waals surface area contributed by atoms with Crippen molar-refractivity contribution >= 4 is 59.2 Å². The maximum atomic E-state index is 13.8. The number of phenols is 1. The summed E-state index contributed by atoms with van der Waals surface area (Å²) in [5.74, 6) is -6.80. The second kappa shape index (κ2) is 33.8. The van der Waals surface area contributed by atoms with E-state index in [0.717, 1.165) is 0 Å². The summed E-state index contributed by atoms with van der Waals surface area (Å²) < 4.78 is 0. The summed E-state index contributed by atoms with van der Waals surface area (Å²) >= 11 is 0. The Morgan fingerprint density at radius 2 is 1.22 bits per heavy atom. The zero-order valence-corrected chi connectivity index (χ0v) is 41.8. The highest BCUT2D eigenvalue weighted by Crippen LogP contribution is 2.21. The van der Waals surface area contributed by atoms with Crippen molar-refractivity contribution in [3.05, 3.63) is 116 Å². The van der Waals surface area contributed by atoms with Crippen LogP contribution in [-0.2, 0) is 57.7 Å². The lowest BCUT2D eigenvalue weighted by Crippen LogP contribution is -2.55. The molecular formula is C50H65N11O15. The predicted octanol–water partition coefficient (Wildman–Crippen LogP) is 3.60. The fourth-order valence-electron chi connectivity index (χ4n) is 7.60. The Kier molecular flexibility index (Phi) is 27.4. The first-order valence-corrected chi connectivity index (χ1v) is 24.6. The van der Waals surface area contributed by atoms with Gasteiger partial charge in [-0.15, -0.1) is 0 Å². The molecule has 0 heterocycles. The van der Waals surface area contributed by atoms with Crippen LogP contribution in [0.5, 0.6) is 5.75 Å². The predicted molar refractivity (Wildman–Crippen MR) is 272 cm³/mol. The van der Waals surface area contributed by atoms with Crippen LogP contribution in [-0.4, -0.2) is 134 Å². The molecule has 0 saturated carbocycles. The molecule has 0 spiro atoms. The van der Waals surface area contributed by atoms with Gasteiger partial charge in [0.2, 0.25) is 29.5 Å². The van der Waals surface area contributed by atoms with Gasteiger partial charge in [-0.25, -0.2) is 14.4 Å². The van der Waals surface area contributed by atoms with Gasteiger partial charge in [-0.2, -0.15) is 0 Å². The Balaban J connectivity index is 1.53. The number of phenolic OH excluding ortho intramolecular Hbond substituents is 1. The van der Waals surface area contributed by atoms with Crippen LogP contribution in [0.25, 0.3) is 10.4 Å². The van der Waals surface area contributed by atoms with E-state index in [0.29, 0.717) is 36.8 Å². The molecule has 0 aliphatic heterocycles. The van der Waals surface area contributed by atoms with Crippen LogP contribution in [0.4, 0.5) is 10.5 Å². The van der Waals surface area contributed by atoms with Crippen LogP contribution in [0, 0.1) is 10.1 Å². The molecule has 10 N–H and O–H groups in total. The molecule has 0 unspecified atom stereocenters. The standard InChI is InChI=1S/C50H65N11O15/c51-59-54-28-11-27-53-46(68)39(31-34-18-20-36(62)21-19-34)56-47(69)40(30-33-12-3-1-4-13-33)55-43(64)24-23-42(63)52-26-9-2-5-17-44(65)60(32-35-14-6-7-16-41(35)61(75)76)29-10-8-15-37(48(70)71)57-50(74)58-38(49(72)73)22-25-45(66)67/h1,3-4,6-7,12-14,16,18-21,37-40,62H,2,5,8-11,15,17,22-32H2,(H,52,63)(H,53,68)(H,55,64)(H,56,69)(H,66,67)(H,70,71)(H,72,73)(H2,57,58,74)/t37-,38-,39-,40-/m0/s1. The first kappa shape index (κ1) is 61.5. The molecule has 3 aromatic carbocycles. The number of aliphatic carboxylic acids is 3. The van der Waals surface area contributed by atoms with Crippen molar-refractivity contribution < 1.29 is 68.5 Å². The monoisotopic (exact) mass is 1060 g/mol. The van der Waals surface area contributed by atoms with Gasteiger partial charge in [0, 0.05) is 81.2 Å². The minimum absolute atomic E-state index is 0.0102. The highest BCUT2D eigenvalue weighted by Gasteiger charge is 2.29. The number of hydrogen-bond acceptors (Lipinski definition) is 13. The van der Waals surface area contributed by atoms with E-state index in [1.54, 1.807) is 48.5 Å². The van der Waals surface area contributed by atoms with Gasteiger partial charge in [0.25, 0.3) is 5.69 Å². The zero-order chi connectivity index (χ0) is 55.8. The number of carbonyl (C=O) groups excluding carboxylic acids is 6. The van der Waals surface area contributed by atoms with Crippen molar-refractivity contribution in [1.82, 2.24) is 36.8 Å². The number of amides is 7. The SMILES string of the molecule is [N-]=[N+]=NCCCNC(=O)[C@H](Cc1ccc(O)cc1)NC(=O)[C@H](Cc1ccccc1)NC(=O)CCC(=O)NCCCCCC(=O)N(CCCC[C@H](NC(=O)N[C@@H](CCC(=O)O)C(=O)O)C(=O)O)Cc1ccccc1[N+](=O)[O-]. The molecule has 4 atom stereocenters. The number of carboxylic acids is 3. The maximum Gasteiger partial charge on any atom is 0.326 e. The summed E-state index contributed by atoms with van der Waals surface area (Å²) in [6.45, 7) is 0.442. The molecule has 0 saturated heterocycles. The molecule has 3 rings (SSSR count). The van der Waals surface area contributed by atoms with Gasteiger partial charge in [0.1, 0.15) is 29.9 Å². The number of azide groups is 1. The van der Waals surface area contributed by atoms with E-state index in [1.807, 2.05) is 0 Å². The van der Waals surface area contributed by atoms with Gasteiger partial charge in [-0.3, -0.25) is 38.9 Å². The molecule has 0 aromatic heterocycles. The van der Waals surface area contributed by atoms with Gasteiger partial charge in [0.05, 0.1) is 11.5 Å². The molecule has 76 heavy (non-hydrogen) atoms. The molecular weight excluding hydrogens is 995 g/mol. The average molecular weight is 1060 g/mol. The average Bonchev–Trinajstić information content (AvgIpc) is 3.38. The fraction of sp³-hybridized carbons (Fsp3) is 0.460. The van der Waals surface area contributed by atoms with E-state index in [9.17, 15) is 68.6 Å². The Morgan fingerprint density at radius 3 is 1.87 bits per heavy atom. The quantitative estimate of drug-likeness (QED) is 0.00993. The number of nitro benzene ring substituents is 1. The summed E-state index contributed by atoms with van der Waals surface area (Å²) in [6, 6.07) is 14.4. The summed E-state index contributed by atoms with van der Waals surface area (Å²) in [4.78, 5) is 129. The normalized spacial score (nSPS) is 12.2. The van der Waals surface area contributed by atoms with Gasteiger partial charge in [-0.05, 0) is 73.7 Å². The first-order valence-electron chi connectivity index (χ1n) is 24.6. The lowest BCUT2D eigenvalue weighted by Gasteiger charge is -2.24. The van der Waals surface area contributed by atoms with Crippen LogP contribution in [0.15, 0.2) is 84.0 Å². The van der Waals surface area contributed by atoms with Crippen LogP contribution in [0.1, 0.15) is 93.7 Å². The van der Waals surface area contributed by atoms with Crippen molar-refractivity contribution in [2.45, 2.75) is 121 Å². The number of aromatic hydroxyl groups is 1. The molecule has 7 amide bonds. The number of rotatable bonds is 36. The second-order valence-electron chi connectivity index (χ2n) is 17.5. The number of para-hydroxylation sites is 1.